The van der Waals surface area contributed by atoms with Gasteiger partial charge in [-0.05, 0) is 11.6 Å². The first-order chi connectivity index (χ1) is 10.9. The smallest absolute Gasteiger partial charge is 0.272 e. The van der Waals surface area contributed by atoms with Gasteiger partial charge in [0.25, 0.3) is 5.91 Å². The quantitative estimate of drug-likeness (QED) is 0.816. The number of hydrogen-bond donors (Lipinski definition) is 0. The Labute approximate surface area is 135 Å². The number of carbonyl (C=O) groups is 1. The van der Waals surface area contributed by atoms with Crippen molar-refractivity contribution in [3.05, 3.63) is 48.0 Å². The van der Waals surface area contributed by atoms with Crippen LogP contribution in [0.3, 0.4) is 0 Å². The monoisotopic (exact) mass is 334 g/mol. The predicted molar refractivity (Wildman–Crippen MR) is 86.6 cm³/mol. The molecule has 1 amide bonds. The first-order valence-electron chi connectivity index (χ1n) is 7.19. The van der Waals surface area contributed by atoms with Gasteiger partial charge in [0.1, 0.15) is 5.69 Å². The van der Waals surface area contributed by atoms with Gasteiger partial charge in [0.15, 0.2) is 0 Å². The average Bonchev–Trinajstić information content (AvgIpc) is 2.81. The lowest BCUT2D eigenvalue weighted by Gasteiger charge is -2.22. The molecule has 1 aromatic heterocycles. The Morgan fingerprint density at radius 1 is 1.22 bits per heavy atom. The number of fused-ring (bicyclic) bond motifs is 1. The lowest BCUT2D eigenvalue weighted by Crippen LogP contribution is -2.38. The third-order valence-corrected chi connectivity index (χ3v) is 5.10. The van der Waals surface area contributed by atoms with E-state index in [1.54, 1.807) is 35.0 Å². The number of anilines is 1. The number of aryl methyl sites for hydroxylation is 1. The highest BCUT2D eigenvalue weighted by atomic mass is 32.2. The molecule has 0 aliphatic carbocycles. The molecule has 3 rings (SSSR count). The molecule has 2 heterocycles. The molecule has 23 heavy (non-hydrogen) atoms. The summed E-state index contributed by atoms with van der Waals surface area (Å²) in [5.74, 6) is -0.157. The molecule has 0 fully saturated rings. The molecule has 0 bridgehead atoms. The van der Waals surface area contributed by atoms with E-state index >= 15 is 0 Å². The number of benzene rings is 1. The van der Waals surface area contributed by atoms with E-state index < -0.39 is 10.0 Å². The number of carbonyl (C=O) groups excluding carboxylic acids is 1. The number of aromatic nitrogens is 2. The van der Waals surface area contributed by atoms with E-state index in [0.717, 1.165) is 5.56 Å². The SMILES string of the molecule is Cn1cncc1C(=O)N1CCN(S(C)(=O)=O)c2ccccc2C1. The summed E-state index contributed by atoms with van der Waals surface area (Å²) in [5, 5.41) is 0. The Morgan fingerprint density at radius 3 is 2.61 bits per heavy atom. The Balaban J connectivity index is 1.98. The van der Waals surface area contributed by atoms with Crippen LogP contribution in [-0.2, 0) is 23.6 Å². The molecule has 0 N–H and O–H groups in total. The van der Waals surface area contributed by atoms with Crippen LogP contribution >= 0.6 is 0 Å². The second-order valence-corrected chi connectivity index (χ2v) is 7.49. The third-order valence-electron chi connectivity index (χ3n) is 3.92. The standard InChI is InChI=1S/C15H18N4O3S/c1-17-11-16-9-14(17)15(20)18-7-8-19(23(2,21)22)13-6-4-3-5-12(13)10-18/h3-6,9,11H,7-8,10H2,1-2H3. The van der Waals surface area contributed by atoms with Crippen LogP contribution in [0.2, 0.25) is 0 Å². The van der Waals surface area contributed by atoms with Crippen LogP contribution in [0, 0.1) is 0 Å². The van der Waals surface area contributed by atoms with Gasteiger partial charge in [0.05, 0.1) is 31.0 Å². The van der Waals surface area contributed by atoms with Crippen LogP contribution in [0.15, 0.2) is 36.8 Å². The van der Waals surface area contributed by atoms with E-state index in [-0.39, 0.29) is 12.5 Å². The maximum atomic E-state index is 12.7. The zero-order valence-corrected chi connectivity index (χ0v) is 13.8. The molecule has 0 saturated carbocycles. The van der Waals surface area contributed by atoms with Crippen molar-refractivity contribution < 1.29 is 13.2 Å². The molecule has 0 saturated heterocycles. The summed E-state index contributed by atoms with van der Waals surface area (Å²) in [4.78, 5) is 18.3. The van der Waals surface area contributed by atoms with Crippen LogP contribution in [0.5, 0.6) is 0 Å². The molecule has 122 valence electrons. The van der Waals surface area contributed by atoms with Gasteiger partial charge >= 0.3 is 0 Å². The highest BCUT2D eigenvalue weighted by Gasteiger charge is 2.28. The van der Waals surface area contributed by atoms with E-state index in [2.05, 4.69) is 4.98 Å². The molecule has 0 spiro atoms. The fraction of sp³-hybridized carbons (Fsp3) is 0.333. The lowest BCUT2D eigenvalue weighted by atomic mass is 10.1. The molecule has 1 aliphatic rings. The fourth-order valence-electron chi connectivity index (χ4n) is 2.75. The minimum absolute atomic E-state index is 0.157. The van der Waals surface area contributed by atoms with Crippen molar-refractivity contribution in [2.75, 3.05) is 23.7 Å². The number of hydrogen-bond acceptors (Lipinski definition) is 4. The normalized spacial score (nSPS) is 15.2. The van der Waals surface area contributed by atoms with Gasteiger partial charge in [-0.3, -0.25) is 9.10 Å². The first kappa shape index (κ1) is 15.5. The number of para-hydroxylation sites is 1. The van der Waals surface area contributed by atoms with Crippen molar-refractivity contribution in [2.45, 2.75) is 6.54 Å². The summed E-state index contributed by atoms with van der Waals surface area (Å²) in [6.45, 7) is 0.928. The van der Waals surface area contributed by atoms with Crippen LogP contribution in [0.4, 0.5) is 5.69 Å². The Bertz CT molecular complexity index is 844. The number of amides is 1. The Hall–Kier alpha value is -2.35. The number of nitrogens with zero attached hydrogens (tertiary/aromatic N) is 4. The third kappa shape index (κ3) is 2.94. The van der Waals surface area contributed by atoms with Crippen molar-refractivity contribution in [1.82, 2.24) is 14.5 Å². The Morgan fingerprint density at radius 2 is 1.96 bits per heavy atom. The van der Waals surface area contributed by atoms with Gasteiger partial charge in [-0.25, -0.2) is 13.4 Å². The Kier molecular flexibility index (Phi) is 3.85. The van der Waals surface area contributed by atoms with E-state index in [1.807, 2.05) is 12.1 Å². The lowest BCUT2D eigenvalue weighted by molar-refractivity contribution is 0.0742. The molecule has 0 unspecified atom stereocenters. The van der Waals surface area contributed by atoms with Crippen LogP contribution in [-0.4, -0.2) is 48.1 Å². The van der Waals surface area contributed by atoms with Crippen molar-refractivity contribution in [2.24, 2.45) is 7.05 Å². The van der Waals surface area contributed by atoms with E-state index in [4.69, 9.17) is 0 Å². The molecule has 1 aliphatic heterocycles. The summed E-state index contributed by atoms with van der Waals surface area (Å²) < 4.78 is 27.2. The van der Waals surface area contributed by atoms with Crippen molar-refractivity contribution in [3.8, 4) is 0 Å². The molecule has 2 aromatic rings. The average molecular weight is 334 g/mol. The summed E-state index contributed by atoms with van der Waals surface area (Å²) >= 11 is 0. The fourth-order valence-corrected chi connectivity index (χ4v) is 3.70. The van der Waals surface area contributed by atoms with Crippen molar-refractivity contribution >= 4 is 21.6 Å². The van der Waals surface area contributed by atoms with Gasteiger partial charge in [0.2, 0.25) is 10.0 Å². The van der Waals surface area contributed by atoms with Crippen LogP contribution in [0.25, 0.3) is 0 Å². The summed E-state index contributed by atoms with van der Waals surface area (Å²) in [6, 6.07) is 7.27. The van der Waals surface area contributed by atoms with Gasteiger partial charge in [-0.15, -0.1) is 0 Å². The summed E-state index contributed by atoms with van der Waals surface area (Å²) in [6.07, 6.45) is 4.28. The topological polar surface area (TPSA) is 75.5 Å². The largest absolute Gasteiger partial charge is 0.331 e. The van der Waals surface area contributed by atoms with Gasteiger partial charge in [-0.2, -0.15) is 0 Å². The van der Waals surface area contributed by atoms with Crippen molar-refractivity contribution in [1.29, 1.82) is 0 Å². The van der Waals surface area contributed by atoms with E-state index in [0.29, 0.717) is 24.5 Å². The number of imidazole rings is 1. The molecule has 7 nitrogen and oxygen atoms in total. The minimum Gasteiger partial charge on any atom is -0.331 e. The second-order valence-electron chi connectivity index (χ2n) is 5.58. The summed E-state index contributed by atoms with van der Waals surface area (Å²) in [5.41, 5.74) is 1.93. The highest BCUT2D eigenvalue weighted by molar-refractivity contribution is 7.92. The molecule has 0 atom stereocenters. The van der Waals surface area contributed by atoms with Gasteiger partial charge < -0.3 is 9.47 Å². The summed E-state index contributed by atoms with van der Waals surface area (Å²) in [7, 11) is -1.64. The van der Waals surface area contributed by atoms with Crippen LogP contribution in [0.1, 0.15) is 16.1 Å². The van der Waals surface area contributed by atoms with E-state index in [1.165, 1.54) is 16.8 Å². The van der Waals surface area contributed by atoms with Crippen molar-refractivity contribution in [3.63, 3.8) is 0 Å². The van der Waals surface area contributed by atoms with Crippen LogP contribution < -0.4 is 4.31 Å². The van der Waals surface area contributed by atoms with Gasteiger partial charge in [-0.1, -0.05) is 18.2 Å². The maximum Gasteiger partial charge on any atom is 0.272 e. The highest BCUT2D eigenvalue weighted by Crippen LogP contribution is 2.27. The second kappa shape index (κ2) is 5.69. The number of rotatable bonds is 2. The molecular formula is C15H18N4O3S. The first-order valence-corrected chi connectivity index (χ1v) is 9.04. The predicted octanol–water partition coefficient (Wildman–Crippen LogP) is 0.842. The zero-order valence-electron chi connectivity index (χ0n) is 13.0. The maximum absolute atomic E-state index is 12.7. The number of sulfonamides is 1. The molecular weight excluding hydrogens is 316 g/mol. The molecule has 1 aromatic carbocycles. The van der Waals surface area contributed by atoms with Gasteiger partial charge in [0, 0.05) is 20.1 Å². The molecule has 0 radical (unpaired) electrons. The minimum atomic E-state index is -3.40. The molecule has 8 heteroatoms. The van der Waals surface area contributed by atoms with E-state index in [9.17, 15) is 13.2 Å². The zero-order chi connectivity index (χ0) is 16.6.